The van der Waals surface area contributed by atoms with Crippen molar-refractivity contribution < 1.29 is 32.2 Å². The third-order valence-corrected chi connectivity index (χ3v) is 1.58. The first kappa shape index (κ1) is 12.3. The minimum absolute atomic E-state index is 0.649. The number of para-hydroxylation sites is 1. The molecule has 0 saturated carbocycles. The van der Waals surface area contributed by atoms with Gasteiger partial charge in [-0.2, -0.15) is 13.2 Å². The summed E-state index contributed by atoms with van der Waals surface area (Å²) in [5, 5.41) is 8.59. The maximum absolute atomic E-state index is 13.0. The van der Waals surface area contributed by atoms with Crippen LogP contribution in [0.4, 0.5) is 17.6 Å². The lowest BCUT2D eigenvalue weighted by Crippen LogP contribution is -2.20. The highest BCUT2D eigenvalue weighted by molar-refractivity contribution is 5.90. The van der Waals surface area contributed by atoms with Gasteiger partial charge < -0.3 is 9.84 Å². The molecular formula is C9H6F4O3. The van der Waals surface area contributed by atoms with Crippen LogP contribution >= 0.6 is 0 Å². The van der Waals surface area contributed by atoms with Crippen LogP contribution in [0.3, 0.4) is 0 Å². The van der Waals surface area contributed by atoms with Gasteiger partial charge in [0.05, 0.1) is 0 Å². The number of carboxylic acid groups (broad SMARTS) is 1. The fourth-order valence-electron chi connectivity index (χ4n) is 0.978. The van der Waals surface area contributed by atoms with E-state index in [1.807, 2.05) is 0 Å². The van der Waals surface area contributed by atoms with Gasteiger partial charge in [0.2, 0.25) is 0 Å². The first-order valence-electron chi connectivity index (χ1n) is 4.02. The van der Waals surface area contributed by atoms with Crippen molar-refractivity contribution in [3.05, 3.63) is 29.6 Å². The minimum atomic E-state index is -4.65. The Bertz CT molecular complexity index is 400. The second kappa shape index (κ2) is 4.38. The van der Waals surface area contributed by atoms with Gasteiger partial charge in [0.15, 0.2) is 18.2 Å². The van der Waals surface area contributed by atoms with Crippen LogP contribution in [0.2, 0.25) is 0 Å². The fraction of sp³-hybridized carbons (Fsp3) is 0.222. The number of alkyl halides is 3. The van der Waals surface area contributed by atoms with E-state index >= 15 is 0 Å². The standard InChI is InChI=1S/C9H6F4O3/c10-6-3-1-2-5(8(14)15)7(6)16-4-9(11,12)13/h1-3H,4H2,(H,14,15). The molecule has 0 atom stereocenters. The van der Waals surface area contributed by atoms with Crippen molar-refractivity contribution in [3.63, 3.8) is 0 Å². The molecule has 0 heterocycles. The second-order valence-electron chi connectivity index (χ2n) is 2.83. The van der Waals surface area contributed by atoms with Gasteiger partial charge in [-0.25, -0.2) is 9.18 Å². The molecule has 7 heteroatoms. The van der Waals surface area contributed by atoms with Gasteiger partial charge in [-0.1, -0.05) is 6.07 Å². The van der Waals surface area contributed by atoms with Crippen molar-refractivity contribution in [1.29, 1.82) is 0 Å². The Morgan fingerprint density at radius 2 is 2.00 bits per heavy atom. The average Bonchev–Trinajstić information content (AvgIpc) is 2.13. The van der Waals surface area contributed by atoms with Crippen molar-refractivity contribution in [2.24, 2.45) is 0 Å². The van der Waals surface area contributed by atoms with E-state index < -0.39 is 35.9 Å². The van der Waals surface area contributed by atoms with E-state index in [2.05, 4.69) is 4.74 Å². The zero-order chi connectivity index (χ0) is 12.3. The number of carbonyl (C=O) groups is 1. The second-order valence-corrected chi connectivity index (χ2v) is 2.83. The molecule has 0 spiro atoms. The smallest absolute Gasteiger partial charge is 0.422 e. The summed E-state index contributed by atoms with van der Waals surface area (Å²) in [6.45, 7) is -1.74. The van der Waals surface area contributed by atoms with Crippen molar-refractivity contribution >= 4 is 5.97 Å². The summed E-state index contributed by atoms with van der Waals surface area (Å²) in [4.78, 5) is 10.6. The van der Waals surface area contributed by atoms with E-state index in [0.717, 1.165) is 18.2 Å². The van der Waals surface area contributed by atoms with Crippen LogP contribution < -0.4 is 4.74 Å². The monoisotopic (exact) mass is 238 g/mol. The summed E-state index contributed by atoms with van der Waals surface area (Å²) in [5.74, 6) is -3.62. The molecule has 0 aliphatic carbocycles. The van der Waals surface area contributed by atoms with E-state index in [1.165, 1.54) is 0 Å². The molecule has 0 aliphatic heterocycles. The number of hydrogen-bond donors (Lipinski definition) is 1. The Kier molecular flexibility index (Phi) is 3.36. The SMILES string of the molecule is O=C(O)c1cccc(F)c1OCC(F)(F)F. The molecule has 0 saturated heterocycles. The first-order valence-corrected chi connectivity index (χ1v) is 4.02. The summed E-state index contributed by atoms with van der Waals surface area (Å²) in [6, 6.07) is 2.84. The third-order valence-electron chi connectivity index (χ3n) is 1.58. The lowest BCUT2D eigenvalue weighted by Gasteiger charge is -2.11. The lowest BCUT2D eigenvalue weighted by atomic mass is 10.2. The van der Waals surface area contributed by atoms with Gasteiger partial charge in [-0.05, 0) is 12.1 Å². The topological polar surface area (TPSA) is 46.5 Å². The molecule has 0 aliphatic rings. The summed E-state index contributed by atoms with van der Waals surface area (Å²) in [5.41, 5.74) is -0.649. The van der Waals surface area contributed by atoms with Crippen molar-refractivity contribution in [2.75, 3.05) is 6.61 Å². The van der Waals surface area contributed by atoms with E-state index in [-0.39, 0.29) is 0 Å². The fourth-order valence-corrected chi connectivity index (χ4v) is 0.978. The summed E-state index contributed by atoms with van der Waals surface area (Å²) >= 11 is 0. The molecule has 0 unspecified atom stereocenters. The number of ether oxygens (including phenoxy) is 1. The quantitative estimate of drug-likeness (QED) is 0.823. The molecule has 1 aromatic carbocycles. The summed E-state index contributed by atoms with van der Waals surface area (Å²) in [7, 11) is 0. The molecule has 0 fully saturated rings. The van der Waals surface area contributed by atoms with Gasteiger partial charge in [-0.15, -0.1) is 0 Å². The molecule has 1 N–H and O–H groups in total. The van der Waals surface area contributed by atoms with Crippen LogP contribution in [-0.4, -0.2) is 23.9 Å². The Labute approximate surface area is 87.3 Å². The van der Waals surface area contributed by atoms with Crippen LogP contribution in [0, 0.1) is 5.82 Å². The highest BCUT2D eigenvalue weighted by atomic mass is 19.4. The van der Waals surface area contributed by atoms with E-state index in [1.54, 1.807) is 0 Å². The molecule has 0 aromatic heterocycles. The van der Waals surface area contributed by atoms with Crippen LogP contribution in [-0.2, 0) is 0 Å². The molecule has 3 nitrogen and oxygen atoms in total. The average molecular weight is 238 g/mol. The molecule has 1 aromatic rings. The lowest BCUT2D eigenvalue weighted by molar-refractivity contribution is -0.153. The largest absolute Gasteiger partial charge is 0.480 e. The maximum Gasteiger partial charge on any atom is 0.422 e. The third kappa shape index (κ3) is 3.11. The van der Waals surface area contributed by atoms with E-state index in [9.17, 15) is 22.4 Å². The number of benzene rings is 1. The van der Waals surface area contributed by atoms with Crippen LogP contribution in [0.5, 0.6) is 5.75 Å². The zero-order valence-corrected chi connectivity index (χ0v) is 7.71. The Morgan fingerprint density at radius 3 is 2.50 bits per heavy atom. The maximum atomic E-state index is 13.0. The summed E-state index contributed by atoms with van der Waals surface area (Å²) in [6.07, 6.45) is -4.65. The predicted molar refractivity (Wildman–Crippen MR) is 44.9 cm³/mol. The summed E-state index contributed by atoms with van der Waals surface area (Å²) < 4.78 is 52.6. The van der Waals surface area contributed by atoms with Crippen molar-refractivity contribution in [1.82, 2.24) is 0 Å². The van der Waals surface area contributed by atoms with E-state index in [4.69, 9.17) is 5.11 Å². The number of carboxylic acids is 1. The number of rotatable bonds is 3. The van der Waals surface area contributed by atoms with Gasteiger partial charge in [0.25, 0.3) is 0 Å². The highest BCUT2D eigenvalue weighted by Crippen LogP contribution is 2.25. The molecule has 16 heavy (non-hydrogen) atoms. The normalized spacial score (nSPS) is 11.2. The van der Waals surface area contributed by atoms with Crippen LogP contribution in [0.15, 0.2) is 18.2 Å². The molecular weight excluding hydrogens is 232 g/mol. The number of aromatic carboxylic acids is 1. The van der Waals surface area contributed by atoms with Crippen LogP contribution in [0.25, 0.3) is 0 Å². The van der Waals surface area contributed by atoms with Crippen molar-refractivity contribution in [2.45, 2.75) is 6.18 Å². The molecule has 1 rings (SSSR count). The first-order chi connectivity index (χ1) is 7.31. The predicted octanol–water partition coefficient (Wildman–Crippen LogP) is 2.47. The molecule has 88 valence electrons. The van der Waals surface area contributed by atoms with E-state index in [0.29, 0.717) is 0 Å². The van der Waals surface area contributed by atoms with Gasteiger partial charge in [-0.3, -0.25) is 0 Å². The van der Waals surface area contributed by atoms with Crippen LogP contribution in [0.1, 0.15) is 10.4 Å². The Balaban J connectivity index is 2.98. The zero-order valence-electron chi connectivity index (χ0n) is 7.71. The minimum Gasteiger partial charge on any atom is -0.480 e. The van der Waals surface area contributed by atoms with Gasteiger partial charge >= 0.3 is 12.1 Å². The highest BCUT2D eigenvalue weighted by Gasteiger charge is 2.30. The molecule has 0 radical (unpaired) electrons. The van der Waals surface area contributed by atoms with Crippen molar-refractivity contribution in [3.8, 4) is 5.75 Å². The molecule has 0 bridgehead atoms. The van der Waals surface area contributed by atoms with Gasteiger partial charge in [0.1, 0.15) is 5.56 Å². The number of hydrogen-bond acceptors (Lipinski definition) is 2. The number of halogens is 4. The molecule has 0 amide bonds. The Hall–Kier alpha value is -1.79. The van der Waals surface area contributed by atoms with Gasteiger partial charge in [0, 0.05) is 0 Å². The Morgan fingerprint density at radius 1 is 1.38 bits per heavy atom.